The fraction of sp³-hybridized carbons (Fsp3) is 0.400. The number of hydrogen-bond donors (Lipinski definition) is 1. The number of aromatic nitrogens is 3. The zero-order valence-electron chi connectivity index (χ0n) is 12.3. The number of ether oxygens (including phenoxy) is 1. The van der Waals surface area contributed by atoms with Crippen LogP contribution in [0.25, 0.3) is 0 Å². The van der Waals surface area contributed by atoms with Gasteiger partial charge in [0.25, 0.3) is 0 Å². The van der Waals surface area contributed by atoms with Crippen LogP contribution < -0.4 is 10.1 Å². The van der Waals surface area contributed by atoms with Gasteiger partial charge in [-0.1, -0.05) is 12.1 Å². The van der Waals surface area contributed by atoms with Crippen LogP contribution in [0.2, 0.25) is 0 Å². The molecule has 1 amide bonds. The zero-order valence-corrected chi connectivity index (χ0v) is 12.3. The van der Waals surface area contributed by atoms with Gasteiger partial charge >= 0.3 is 0 Å². The molecule has 0 saturated heterocycles. The van der Waals surface area contributed by atoms with E-state index < -0.39 is 0 Å². The van der Waals surface area contributed by atoms with E-state index in [9.17, 15) is 4.79 Å². The first-order chi connectivity index (χ1) is 10.2. The highest BCUT2D eigenvalue weighted by Gasteiger charge is 2.09. The molecule has 0 fully saturated rings. The molecule has 0 spiro atoms. The van der Waals surface area contributed by atoms with Crippen molar-refractivity contribution in [1.29, 1.82) is 0 Å². The Bertz CT molecular complexity index is 552. The number of nitrogens with one attached hydrogen (secondary N) is 1. The van der Waals surface area contributed by atoms with Gasteiger partial charge in [0.15, 0.2) is 0 Å². The summed E-state index contributed by atoms with van der Waals surface area (Å²) in [5.74, 6) is 0.831. The molecule has 112 valence electrons. The van der Waals surface area contributed by atoms with Crippen molar-refractivity contribution in [3.05, 3.63) is 42.5 Å². The van der Waals surface area contributed by atoms with Gasteiger partial charge in [-0.05, 0) is 31.5 Å². The van der Waals surface area contributed by atoms with Crippen molar-refractivity contribution in [3.8, 4) is 5.75 Å². The van der Waals surface area contributed by atoms with Gasteiger partial charge < -0.3 is 10.1 Å². The minimum absolute atomic E-state index is 0.00751. The predicted molar refractivity (Wildman–Crippen MR) is 78.8 cm³/mol. The summed E-state index contributed by atoms with van der Waals surface area (Å²) >= 11 is 0. The first-order valence-electron chi connectivity index (χ1n) is 7.03. The van der Waals surface area contributed by atoms with Crippen LogP contribution in [0.5, 0.6) is 5.75 Å². The second-order valence-electron chi connectivity index (χ2n) is 4.70. The number of aryl methyl sites for hydroxylation is 1. The molecule has 1 unspecified atom stereocenters. The Morgan fingerprint density at radius 3 is 2.76 bits per heavy atom. The van der Waals surface area contributed by atoms with E-state index in [-0.39, 0.29) is 11.9 Å². The number of benzene rings is 1. The van der Waals surface area contributed by atoms with Gasteiger partial charge in [0.1, 0.15) is 18.4 Å². The molecule has 0 aliphatic heterocycles. The van der Waals surface area contributed by atoms with Crippen LogP contribution in [-0.2, 0) is 11.3 Å². The Morgan fingerprint density at radius 2 is 2.14 bits per heavy atom. The van der Waals surface area contributed by atoms with Crippen LogP contribution >= 0.6 is 0 Å². The van der Waals surface area contributed by atoms with Crippen molar-refractivity contribution in [2.24, 2.45) is 0 Å². The lowest BCUT2D eigenvalue weighted by atomic mass is 10.1. The molecule has 1 N–H and O–H groups in total. The number of rotatable bonds is 7. The molecule has 0 bridgehead atoms. The van der Waals surface area contributed by atoms with Crippen LogP contribution in [0.3, 0.4) is 0 Å². The average molecular weight is 288 g/mol. The summed E-state index contributed by atoms with van der Waals surface area (Å²) < 4.78 is 7.04. The van der Waals surface area contributed by atoms with E-state index in [2.05, 4.69) is 15.4 Å². The molecule has 0 aliphatic carbocycles. The quantitative estimate of drug-likeness (QED) is 0.845. The molecule has 2 rings (SSSR count). The molecular weight excluding hydrogens is 268 g/mol. The average Bonchev–Trinajstić information content (AvgIpc) is 2.99. The summed E-state index contributed by atoms with van der Waals surface area (Å²) in [5, 5.41) is 6.93. The minimum atomic E-state index is -0.0380. The predicted octanol–water partition coefficient (Wildman–Crippen LogP) is 1.94. The SMILES string of the molecule is CCOc1ccc(C(C)NC(=O)CCn2cncn2)cc1. The van der Waals surface area contributed by atoms with E-state index >= 15 is 0 Å². The van der Waals surface area contributed by atoms with Crippen molar-refractivity contribution in [2.75, 3.05) is 6.61 Å². The monoisotopic (exact) mass is 288 g/mol. The molecule has 2 aromatic rings. The lowest BCUT2D eigenvalue weighted by Crippen LogP contribution is -2.27. The van der Waals surface area contributed by atoms with Gasteiger partial charge in [-0.2, -0.15) is 5.10 Å². The van der Waals surface area contributed by atoms with Gasteiger partial charge in [-0.25, -0.2) is 4.98 Å². The number of carbonyl (C=O) groups excluding carboxylic acids is 1. The summed E-state index contributed by atoms with van der Waals surface area (Å²) in [4.78, 5) is 15.7. The van der Waals surface area contributed by atoms with E-state index in [1.165, 1.54) is 6.33 Å². The highest BCUT2D eigenvalue weighted by atomic mass is 16.5. The van der Waals surface area contributed by atoms with E-state index in [1.807, 2.05) is 38.1 Å². The Kier molecular flexibility index (Phi) is 5.31. The van der Waals surface area contributed by atoms with Gasteiger partial charge in [-0.15, -0.1) is 0 Å². The molecule has 1 aromatic heterocycles. The number of carbonyl (C=O) groups is 1. The Morgan fingerprint density at radius 1 is 1.38 bits per heavy atom. The van der Waals surface area contributed by atoms with Crippen molar-refractivity contribution >= 4 is 5.91 Å². The molecule has 6 nitrogen and oxygen atoms in total. The minimum Gasteiger partial charge on any atom is -0.494 e. The maximum atomic E-state index is 11.9. The summed E-state index contributed by atoms with van der Waals surface area (Å²) in [5.41, 5.74) is 1.05. The lowest BCUT2D eigenvalue weighted by molar-refractivity contribution is -0.122. The summed E-state index contributed by atoms with van der Waals surface area (Å²) in [6.07, 6.45) is 3.44. The van der Waals surface area contributed by atoms with Crippen LogP contribution in [0.1, 0.15) is 31.9 Å². The van der Waals surface area contributed by atoms with Gasteiger partial charge in [0.2, 0.25) is 5.91 Å². The summed E-state index contributed by atoms with van der Waals surface area (Å²) in [6, 6.07) is 7.72. The van der Waals surface area contributed by atoms with Gasteiger partial charge in [0.05, 0.1) is 19.2 Å². The summed E-state index contributed by atoms with van der Waals surface area (Å²) in [6.45, 7) is 5.09. The molecule has 1 aromatic carbocycles. The molecule has 1 atom stereocenters. The fourth-order valence-corrected chi connectivity index (χ4v) is 1.98. The van der Waals surface area contributed by atoms with Crippen LogP contribution in [-0.4, -0.2) is 27.3 Å². The Balaban J connectivity index is 1.82. The van der Waals surface area contributed by atoms with E-state index in [4.69, 9.17) is 4.74 Å². The van der Waals surface area contributed by atoms with E-state index in [0.717, 1.165) is 11.3 Å². The lowest BCUT2D eigenvalue weighted by Gasteiger charge is -2.15. The number of nitrogens with zero attached hydrogens (tertiary/aromatic N) is 3. The molecule has 0 saturated carbocycles. The third-order valence-electron chi connectivity index (χ3n) is 3.10. The zero-order chi connectivity index (χ0) is 15.1. The first-order valence-corrected chi connectivity index (χ1v) is 7.03. The molecule has 21 heavy (non-hydrogen) atoms. The van der Waals surface area contributed by atoms with Crippen LogP contribution in [0, 0.1) is 0 Å². The first kappa shape index (κ1) is 15.0. The van der Waals surface area contributed by atoms with E-state index in [1.54, 1.807) is 11.0 Å². The summed E-state index contributed by atoms with van der Waals surface area (Å²) in [7, 11) is 0. The van der Waals surface area contributed by atoms with Crippen molar-refractivity contribution in [3.63, 3.8) is 0 Å². The topological polar surface area (TPSA) is 69.0 Å². The molecule has 6 heteroatoms. The number of amides is 1. The Labute approximate surface area is 124 Å². The standard InChI is InChI=1S/C15H20N4O2/c1-3-21-14-6-4-13(5-7-14)12(2)18-15(20)8-9-19-11-16-10-17-19/h4-7,10-12H,3,8-9H2,1-2H3,(H,18,20). The Hall–Kier alpha value is -2.37. The fourth-order valence-electron chi connectivity index (χ4n) is 1.98. The van der Waals surface area contributed by atoms with Gasteiger partial charge in [-0.3, -0.25) is 9.48 Å². The van der Waals surface area contributed by atoms with Crippen LogP contribution in [0.4, 0.5) is 0 Å². The third-order valence-corrected chi connectivity index (χ3v) is 3.10. The molecule has 0 aliphatic rings. The molecule has 0 radical (unpaired) electrons. The van der Waals surface area contributed by atoms with E-state index in [0.29, 0.717) is 19.6 Å². The molecule has 1 heterocycles. The molecular formula is C15H20N4O2. The van der Waals surface area contributed by atoms with Gasteiger partial charge in [0, 0.05) is 6.42 Å². The van der Waals surface area contributed by atoms with Crippen molar-refractivity contribution in [2.45, 2.75) is 32.9 Å². The highest BCUT2D eigenvalue weighted by Crippen LogP contribution is 2.17. The number of hydrogen-bond acceptors (Lipinski definition) is 4. The van der Waals surface area contributed by atoms with Crippen LogP contribution in [0.15, 0.2) is 36.9 Å². The largest absolute Gasteiger partial charge is 0.494 e. The second-order valence-corrected chi connectivity index (χ2v) is 4.70. The normalized spacial score (nSPS) is 11.9. The second kappa shape index (κ2) is 7.42. The highest BCUT2D eigenvalue weighted by molar-refractivity contribution is 5.76. The maximum absolute atomic E-state index is 11.9. The maximum Gasteiger partial charge on any atom is 0.222 e. The van der Waals surface area contributed by atoms with Crippen molar-refractivity contribution in [1.82, 2.24) is 20.1 Å². The third kappa shape index (κ3) is 4.59. The smallest absolute Gasteiger partial charge is 0.222 e. The van der Waals surface area contributed by atoms with Crippen molar-refractivity contribution < 1.29 is 9.53 Å².